The summed E-state index contributed by atoms with van der Waals surface area (Å²) in [7, 11) is 0. The third-order valence-corrected chi connectivity index (χ3v) is 3.57. The Kier molecular flexibility index (Phi) is 3.39. The van der Waals surface area contributed by atoms with Gasteiger partial charge in [-0.3, -0.25) is 4.98 Å². The molecule has 2 nitrogen and oxygen atoms in total. The smallest absolute Gasteiger partial charge is 0.135 e. The first-order valence-corrected chi connectivity index (χ1v) is 6.56. The Hall–Kier alpha value is -2.33. The molecule has 0 saturated carbocycles. The maximum Gasteiger partial charge on any atom is 0.135 e. The van der Waals surface area contributed by atoms with Crippen molar-refractivity contribution < 1.29 is 13.9 Å². The van der Waals surface area contributed by atoms with E-state index in [9.17, 15) is 13.9 Å². The molecule has 2 aromatic carbocycles. The number of halogens is 2. The van der Waals surface area contributed by atoms with E-state index in [0.717, 1.165) is 0 Å². The topological polar surface area (TPSA) is 33.1 Å². The Balaban J connectivity index is 2.22. The molecule has 0 aliphatic heterocycles. The lowest BCUT2D eigenvalue weighted by molar-refractivity contribution is 0.210. The molecule has 1 atom stereocenters. The van der Waals surface area contributed by atoms with Crippen LogP contribution < -0.4 is 0 Å². The van der Waals surface area contributed by atoms with Crippen LogP contribution in [0.1, 0.15) is 22.8 Å². The molecule has 0 fully saturated rings. The first kappa shape index (κ1) is 13.6. The molecule has 0 aliphatic carbocycles. The Morgan fingerprint density at radius 1 is 1.05 bits per heavy atom. The van der Waals surface area contributed by atoms with Gasteiger partial charge in [-0.25, -0.2) is 8.78 Å². The van der Waals surface area contributed by atoms with Crippen molar-refractivity contribution in [1.82, 2.24) is 4.98 Å². The highest BCUT2D eigenvalue weighted by Gasteiger charge is 2.22. The Bertz CT molecular complexity index is 812. The van der Waals surface area contributed by atoms with E-state index in [1.165, 1.54) is 19.1 Å². The van der Waals surface area contributed by atoms with E-state index in [4.69, 9.17) is 0 Å². The summed E-state index contributed by atoms with van der Waals surface area (Å²) in [6, 6.07) is 11.2. The highest BCUT2D eigenvalue weighted by atomic mass is 19.1. The van der Waals surface area contributed by atoms with Crippen LogP contribution in [-0.4, -0.2) is 10.1 Å². The zero-order valence-corrected chi connectivity index (χ0v) is 11.3. The molecule has 21 heavy (non-hydrogen) atoms. The van der Waals surface area contributed by atoms with E-state index < -0.39 is 17.7 Å². The van der Waals surface area contributed by atoms with Crippen LogP contribution in [-0.2, 0) is 0 Å². The molecular formula is C17H13F2NO. The summed E-state index contributed by atoms with van der Waals surface area (Å²) in [5, 5.41) is 11.1. The van der Waals surface area contributed by atoms with Crippen molar-refractivity contribution in [2.24, 2.45) is 0 Å². The fourth-order valence-electron chi connectivity index (χ4n) is 2.45. The molecule has 3 rings (SSSR count). The summed E-state index contributed by atoms with van der Waals surface area (Å²) in [6.45, 7) is 1.54. The average Bonchev–Trinajstić information content (AvgIpc) is 2.50. The van der Waals surface area contributed by atoms with Gasteiger partial charge in [-0.1, -0.05) is 24.3 Å². The molecule has 1 unspecified atom stereocenters. The normalized spacial score (nSPS) is 12.6. The minimum absolute atomic E-state index is 0.295. The zero-order chi connectivity index (χ0) is 15.0. The molecule has 0 aliphatic rings. The monoisotopic (exact) mass is 285 g/mol. The van der Waals surface area contributed by atoms with E-state index in [1.54, 1.807) is 36.5 Å². The van der Waals surface area contributed by atoms with Crippen LogP contribution in [0.3, 0.4) is 0 Å². The predicted molar refractivity (Wildman–Crippen MR) is 76.9 cm³/mol. The second-order valence-electron chi connectivity index (χ2n) is 4.91. The minimum atomic E-state index is -1.38. The molecule has 0 spiro atoms. The van der Waals surface area contributed by atoms with E-state index in [2.05, 4.69) is 4.98 Å². The van der Waals surface area contributed by atoms with Crippen molar-refractivity contribution in [3.63, 3.8) is 0 Å². The van der Waals surface area contributed by atoms with Gasteiger partial charge < -0.3 is 5.11 Å². The third kappa shape index (κ3) is 2.28. The molecule has 0 saturated heterocycles. The van der Waals surface area contributed by atoms with Crippen LogP contribution in [0.5, 0.6) is 0 Å². The van der Waals surface area contributed by atoms with Crippen LogP contribution in [0.2, 0.25) is 0 Å². The third-order valence-electron chi connectivity index (χ3n) is 3.57. The van der Waals surface area contributed by atoms with Gasteiger partial charge in [0.2, 0.25) is 0 Å². The number of aliphatic hydroxyl groups excluding tert-OH is 1. The maximum absolute atomic E-state index is 14.2. The van der Waals surface area contributed by atoms with Gasteiger partial charge in [0.1, 0.15) is 17.7 Å². The summed E-state index contributed by atoms with van der Waals surface area (Å²) in [4.78, 5) is 4.18. The number of aliphatic hydroxyl groups is 1. The summed E-state index contributed by atoms with van der Waals surface area (Å²) in [5.74, 6) is -1.48. The number of hydrogen-bond donors (Lipinski definition) is 1. The van der Waals surface area contributed by atoms with Gasteiger partial charge in [0.25, 0.3) is 0 Å². The second kappa shape index (κ2) is 5.22. The average molecular weight is 285 g/mol. The van der Waals surface area contributed by atoms with E-state index in [1.807, 2.05) is 0 Å². The van der Waals surface area contributed by atoms with Crippen molar-refractivity contribution in [1.29, 1.82) is 0 Å². The summed E-state index contributed by atoms with van der Waals surface area (Å²) < 4.78 is 28.1. The summed E-state index contributed by atoms with van der Waals surface area (Å²) in [5.41, 5.74) is 1.07. The second-order valence-corrected chi connectivity index (χ2v) is 4.91. The number of hydrogen-bond acceptors (Lipinski definition) is 2. The highest BCUT2D eigenvalue weighted by Crippen LogP contribution is 2.32. The Morgan fingerprint density at radius 3 is 2.67 bits per heavy atom. The largest absolute Gasteiger partial charge is 0.383 e. The SMILES string of the molecule is Cc1ccc(F)c(C(O)c2cccc3ncccc23)c1F. The maximum atomic E-state index is 14.2. The van der Waals surface area contributed by atoms with Crippen LogP contribution in [0.4, 0.5) is 8.78 Å². The molecule has 4 heteroatoms. The van der Waals surface area contributed by atoms with E-state index >= 15 is 0 Å². The first-order chi connectivity index (χ1) is 10.1. The molecule has 1 N–H and O–H groups in total. The van der Waals surface area contributed by atoms with Crippen molar-refractivity contribution in [3.05, 3.63) is 77.0 Å². The number of rotatable bonds is 2. The molecule has 1 aromatic heterocycles. The molecular weight excluding hydrogens is 272 g/mol. The van der Waals surface area contributed by atoms with Gasteiger partial charge >= 0.3 is 0 Å². The van der Waals surface area contributed by atoms with Crippen LogP contribution >= 0.6 is 0 Å². The van der Waals surface area contributed by atoms with Gasteiger partial charge in [-0.15, -0.1) is 0 Å². The molecule has 106 valence electrons. The Morgan fingerprint density at radius 2 is 1.86 bits per heavy atom. The fraction of sp³-hybridized carbons (Fsp3) is 0.118. The number of nitrogens with zero attached hydrogens (tertiary/aromatic N) is 1. The van der Waals surface area contributed by atoms with E-state index in [0.29, 0.717) is 22.0 Å². The number of pyridine rings is 1. The zero-order valence-electron chi connectivity index (χ0n) is 11.3. The van der Waals surface area contributed by atoms with Crippen molar-refractivity contribution in [2.75, 3.05) is 0 Å². The molecule has 0 amide bonds. The molecule has 0 radical (unpaired) electrons. The van der Waals surface area contributed by atoms with Gasteiger partial charge in [0.05, 0.1) is 11.1 Å². The molecule has 3 aromatic rings. The van der Waals surface area contributed by atoms with Crippen molar-refractivity contribution >= 4 is 10.9 Å². The number of benzene rings is 2. The van der Waals surface area contributed by atoms with Gasteiger partial charge in [-0.2, -0.15) is 0 Å². The van der Waals surface area contributed by atoms with E-state index in [-0.39, 0.29) is 5.56 Å². The molecule has 0 bridgehead atoms. The van der Waals surface area contributed by atoms with Crippen LogP contribution in [0.25, 0.3) is 10.9 Å². The first-order valence-electron chi connectivity index (χ1n) is 6.56. The van der Waals surface area contributed by atoms with Gasteiger partial charge in [0.15, 0.2) is 0 Å². The predicted octanol–water partition coefficient (Wildman–Crippen LogP) is 3.90. The number of fused-ring (bicyclic) bond motifs is 1. The lowest BCUT2D eigenvalue weighted by atomic mass is 9.95. The van der Waals surface area contributed by atoms with Gasteiger partial charge in [0, 0.05) is 11.6 Å². The van der Waals surface area contributed by atoms with Crippen LogP contribution in [0.15, 0.2) is 48.7 Å². The highest BCUT2D eigenvalue weighted by molar-refractivity contribution is 5.82. The standard InChI is InChI=1S/C17H13F2NO/c1-10-7-8-13(18)15(16(10)19)17(21)12-4-2-6-14-11(12)5-3-9-20-14/h2-9,17,21H,1H3. The number of aromatic nitrogens is 1. The number of aryl methyl sites for hydroxylation is 1. The summed E-state index contributed by atoms with van der Waals surface area (Å²) >= 11 is 0. The summed E-state index contributed by atoms with van der Waals surface area (Å²) in [6.07, 6.45) is 0.254. The quantitative estimate of drug-likeness (QED) is 0.774. The Labute approximate surface area is 120 Å². The molecule has 1 heterocycles. The lowest BCUT2D eigenvalue weighted by Crippen LogP contribution is -2.07. The van der Waals surface area contributed by atoms with Gasteiger partial charge in [-0.05, 0) is 36.2 Å². The lowest BCUT2D eigenvalue weighted by Gasteiger charge is -2.16. The van der Waals surface area contributed by atoms with Crippen molar-refractivity contribution in [3.8, 4) is 0 Å². The fourth-order valence-corrected chi connectivity index (χ4v) is 2.45. The van der Waals surface area contributed by atoms with Crippen LogP contribution in [0, 0.1) is 18.6 Å². The van der Waals surface area contributed by atoms with Crippen molar-refractivity contribution in [2.45, 2.75) is 13.0 Å². The minimum Gasteiger partial charge on any atom is -0.383 e.